The zero-order chi connectivity index (χ0) is 43.8. The molecule has 1 aromatic carbocycles. The highest BCUT2D eigenvalue weighted by Gasteiger charge is 2.41. The van der Waals surface area contributed by atoms with Gasteiger partial charge < -0.3 is 34.6 Å². The van der Waals surface area contributed by atoms with Crippen LogP contribution in [0.25, 0.3) is 0 Å². The number of likely N-dealkylation sites (N-methyl/N-ethyl adjacent to an activating group) is 3. The van der Waals surface area contributed by atoms with Gasteiger partial charge in [-0.2, -0.15) is 0 Å². The predicted molar refractivity (Wildman–Crippen MR) is 229 cm³/mol. The van der Waals surface area contributed by atoms with E-state index in [0.29, 0.717) is 36.3 Å². The average Bonchev–Trinajstić information content (AvgIpc) is 3.65. The number of hydrogen-bond acceptors (Lipinski definition) is 10. The first-order valence-corrected chi connectivity index (χ1v) is 21.5. The maximum Gasteiger partial charge on any atom is 0.328 e. The molecule has 2 aliphatic rings. The normalized spacial score (nSPS) is 31.1. The molecule has 58 heavy (non-hydrogen) atoms. The topological polar surface area (TPSA) is 158 Å². The van der Waals surface area contributed by atoms with E-state index in [9.17, 15) is 29.1 Å². The lowest BCUT2D eigenvalue weighted by Gasteiger charge is -2.39. The molecule has 2 aliphatic heterocycles. The Hall–Kier alpha value is -3.91. The second kappa shape index (κ2) is 20.9. The van der Waals surface area contributed by atoms with E-state index in [1.165, 1.54) is 28.8 Å². The summed E-state index contributed by atoms with van der Waals surface area (Å²) >= 11 is 1.55. The fourth-order valence-electron chi connectivity index (χ4n) is 7.24. The van der Waals surface area contributed by atoms with Crippen molar-refractivity contribution in [2.75, 3.05) is 34.0 Å². The lowest BCUT2D eigenvalue weighted by atomic mass is 9.81. The number of benzene rings is 1. The van der Waals surface area contributed by atoms with Crippen LogP contribution in [0.5, 0.6) is 5.75 Å². The van der Waals surface area contributed by atoms with Gasteiger partial charge in [0.25, 0.3) is 0 Å². The quantitative estimate of drug-likeness (QED) is 0.384. The summed E-state index contributed by atoms with van der Waals surface area (Å²) in [7, 11) is 6.16. The van der Waals surface area contributed by atoms with Gasteiger partial charge in [0.15, 0.2) is 0 Å². The van der Waals surface area contributed by atoms with Crippen LogP contribution in [0.4, 0.5) is 0 Å². The van der Waals surface area contributed by atoms with Gasteiger partial charge in [0, 0.05) is 44.8 Å². The van der Waals surface area contributed by atoms with Crippen LogP contribution in [0.1, 0.15) is 94.1 Å². The second-order valence-corrected chi connectivity index (χ2v) is 18.6. The summed E-state index contributed by atoms with van der Waals surface area (Å²) in [5, 5.41) is 15.1. The molecule has 0 aliphatic carbocycles. The van der Waals surface area contributed by atoms with Crippen molar-refractivity contribution in [1.82, 2.24) is 20.0 Å². The molecule has 3 rings (SSSR count). The van der Waals surface area contributed by atoms with Gasteiger partial charge in [0.2, 0.25) is 23.6 Å². The molecule has 10 atom stereocenters. The maximum atomic E-state index is 14.3. The number of thioether (sulfide) groups is 1. The van der Waals surface area contributed by atoms with Gasteiger partial charge in [0.1, 0.15) is 36.0 Å². The van der Waals surface area contributed by atoms with Crippen molar-refractivity contribution in [3.05, 3.63) is 41.5 Å². The number of nitrogens with one attached hydrogen (secondary N) is 1. The third kappa shape index (κ3) is 12.3. The number of esters is 1. The van der Waals surface area contributed by atoms with Crippen molar-refractivity contribution in [2.24, 2.45) is 28.2 Å². The molecule has 0 radical (unpaired) electrons. The van der Waals surface area contributed by atoms with Gasteiger partial charge >= 0.3 is 5.97 Å². The summed E-state index contributed by atoms with van der Waals surface area (Å²) < 4.78 is 11.5. The molecule has 0 saturated carbocycles. The van der Waals surface area contributed by atoms with Crippen LogP contribution in [0.2, 0.25) is 0 Å². The van der Waals surface area contributed by atoms with Crippen LogP contribution in [0.15, 0.2) is 40.9 Å². The number of ether oxygens (including phenoxy) is 2. The van der Waals surface area contributed by atoms with E-state index in [0.717, 1.165) is 10.6 Å². The van der Waals surface area contributed by atoms with E-state index in [1.54, 1.807) is 64.9 Å². The summed E-state index contributed by atoms with van der Waals surface area (Å²) in [5.41, 5.74) is 0.726. The van der Waals surface area contributed by atoms with E-state index in [2.05, 4.69) is 5.32 Å². The molecule has 2 bridgehead atoms. The number of fused-ring (bicyclic) bond motifs is 1. The molecule has 0 unspecified atom stereocenters. The summed E-state index contributed by atoms with van der Waals surface area (Å²) in [6.07, 6.45) is 2.23. The van der Waals surface area contributed by atoms with E-state index >= 15 is 0 Å². The minimum absolute atomic E-state index is 0.0182. The fourth-order valence-corrected chi connectivity index (χ4v) is 8.38. The van der Waals surface area contributed by atoms with E-state index in [1.807, 2.05) is 60.6 Å². The smallest absolute Gasteiger partial charge is 0.328 e. The van der Waals surface area contributed by atoms with Crippen LogP contribution in [-0.2, 0) is 35.1 Å². The van der Waals surface area contributed by atoms with Gasteiger partial charge in [-0.15, -0.1) is 11.8 Å². The summed E-state index contributed by atoms with van der Waals surface area (Å²) in [6.45, 7) is 18.7. The Morgan fingerprint density at radius 3 is 2.10 bits per heavy atom. The van der Waals surface area contributed by atoms with Gasteiger partial charge in [-0.1, -0.05) is 73.1 Å². The Bertz CT molecular complexity index is 1680. The zero-order valence-electron chi connectivity index (χ0n) is 37.2. The molecule has 0 fully saturated rings. The molecule has 0 saturated heterocycles. The highest BCUT2D eigenvalue weighted by atomic mass is 32.2. The molecule has 4 amide bonds. The first kappa shape index (κ1) is 48.5. The lowest BCUT2D eigenvalue weighted by Crippen LogP contribution is -2.59. The fraction of sp³-hybridized carbons (Fsp3) is 0.682. The SMILES string of the molecule is CC[C@H](C)[C@H]1C(=O)N(C)[C@@H](C)C(=O)O[C@H](C(C)(C)C)C[C@@H](C)C[C@H](O)[C@@H](C)C2=N[C@@H](/C=C(\C)C(=O)N[C@@H](Cc3ccc(OC)cc3)C(=O)N(C)[C@@H](C)C(=O)N1C)CS2. The van der Waals surface area contributed by atoms with Crippen LogP contribution in [0, 0.1) is 23.2 Å². The number of nitrogens with zero attached hydrogens (tertiary/aromatic N) is 4. The highest BCUT2D eigenvalue weighted by Crippen LogP contribution is 2.33. The Morgan fingerprint density at radius 2 is 1.53 bits per heavy atom. The minimum Gasteiger partial charge on any atom is -0.497 e. The third-order valence-electron chi connectivity index (χ3n) is 11.9. The van der Waals surface area contributed by atoms with Crippen LogP contribution < -0.4 is 10.1 Å². The van der Waals surface area contributed by atoms with Gasteiger partial charge in [-0.25, -0.2) is 4.79 Å². The Kier molecular flexibility index (Phi) is 17.4. The summed E-state index contributed by atoms with van der Waals surface area (Å²) in [4.78, 5) is 79.3. The van der Waals surface area contributed by atoms with Crippen LogP contribution in [0.3, 0.4) is 0 Å². The standard InChI is InChI=1S/C44H69N5O8S/c1-15-26(3)37-42(54)48(12)30(7)43(55)57-36(44(8,9)10)21-25(2)20-35(50)28(5)39-45-32(24-58-39)22-27(4)38(51)46-34(23-31-16-18-33(56-14)19-17-31)41(53)47(11)29(6)40(52)49(37)13/h16-19,22,25-26,28-30,32,34-37,50H,15,20-21,23-24H2,1-14H3,(H,46,51)/b27-22+/t25-,26-,28+,29-,30-,32-,34-,35-,36-,37-/m0/s1. The van der Waals surface area contributed by atoms with Crippen molar-refractivity contribution < 1.29 is 38.6 Å². The number of aliphatic hydroxyl groups excluding tert-OH is 1. The van der Waals surface area contributed by atoms with E-state index in [-0.39, 0.29) is 30.2 Å². The second-order valence-electron chi connectivity index (χ2n) is 17.5. The molecular weight excluding hydrogens is 759 g/mol. The summed E-state index contributed by atoms with van der Waals surface area (Å²) in [5.74, 6) is -1.72. The molecule has 0 spiro atoms. The molecule has 1 aromatic rings. The Balaban J connectivity index is 2.08. The largest absolute Gasteiger partial charge is 0.497 e. The first-order chi connectivity index (χ1) is 27.0. The van der Waals surface area contributed by atoms with Gasteiger partial charge in [-0.05, 0) is 68.6 Å². The molecule has 2 N–H and O–H groups in total. The van der Waals surface area contributed by atoms with Crippen molar-refractivity contribution in [3.63, 3.8) is 0 Å². The van der Waals surface area contributed by atoms with Crippen molar-refractivity contribution in [1.29, 1.82) is 0 Å². The number of aliphatic imine (C=N–C) groups is 1. The molecule has 0 aromatic heterocycles. The predicted octanol–water partition coefficient (Wildman–Crippen LogP) is 5.13. The van der Waals surface area contributed by atoms with Crippen molar-refractivity contribution in [2.45, 2.75) is 137 Å². The molecule has 14 heteroatoms. The number of amides is 4. The van der Waals surface area contributed by atoms with E-state index in [4.69, 9.17) is 14.5 Å². The maximum absolute atomic E-state index is 14.3. The third-order valence-corrected chi connectivity index (χ3v) is 13.2. The number of carbonyl (C=O) groups excluding carboxylic acids is 5. The molecular formula is C44H69N5O8S. The first-order valence-electron chi connectivity index (χ1n) is 20.5. The zero-order valence-corrected chi connectivity index (χ0v) is 38.0. The number of aliphatic hydroxyl groups is 1. The van der Waals surface area contributed by atoms with Gasteiger partial charge in [0.05, 0.1) is 24.3 Å². The number of carbonyl (C=O) groups is 5. The molecule has 2 heterocycles. The highest BCUT2D eigenvalue weighted by molar-refractivity contribution is 8.14. The number of hydrogen-bond donors (Lipinski definition) is 2. The monoisotopic (exact) mass is 827 g/mol. The number of cyclic esters (lactones) is 1. The van der Waals surface area contributed by atoms with Crippen molar-refractivity contribution >= 4 is 46.4 Å². The summed E-state index contributed by atoms with van der Waals surface area (Å²) in [6, 6.07) is 2.92. The molecule has 13 nitrogen and oxygen atoms in total. The minimum atomic E-state index is -1.04. The van der Waals surface area contributed by atoms with E-state index < -0.39 is 71.4 Å². The average molecular weight is 828 g/mol. The Morgan fingerprint density at radius 1 is 0.931 bits per heavy atom. The van der Waals surface area contributed by atoms with Crippen LogP contribution >= 0.6 is 11.8 Å². The van der Waals surface area contributed by atoms with Gasteiger partial charge in [-0.3, -0.25) is 24.2 Å². The number of rotatable bonds is 5. The number of methoxy groups -OCH3 is 1. The lowest BCUT2D eigenvalue weighted by molar-refractivity contribution is -0.166. The molecule has 324 valence electrons. The van der Waals surface area contributed by atoms with Crippen LogP contribution in [-0.4, -0.2) is 131 Å². The van der Waals surface area contributed by atoms with Crippen molar-refractivity contribution in [3.8, 4) is 5.75 Å². The Labute approximate surface area is 350 Å².